The average Bonchev–Trinajstić information content (AvgIpc) is 3.25. The van der Waals surface area contributed by atoms with E-state index in [0.29, 0.717) is 12.2 Å². The minimum atomic E-state index is -0.608. The third-order valence-electron chi connectivity index (χ3n) is 4.19. The summed E-state index contributed by atoms with van der Waals surface area (Å²) in [5, 5.41) is 10.9. The van der Waals surface area contributed by atoms with Crippen LogP contribution in [0.15, 0.2) is 60.9 Å². The van der Waals surface area contributed by atoms with Crippen LogP contribution in [0.3, 0.4) is 0 Å². The van der Waals surface area contributed by atoms with E-state index in [9.17, 15) is 9.59 Å². The van der Waals surface area contributed by atoms with Gasteiger partial charge in [-0.3, -0.25) is 4.79 Å². The van der Waals surface area contributed by atoms with Gasteiger partial charge in [-0.05, 0) is 42.0 Å². The highest BCUT2D eigenvalue weighted by atomic mass is 16.5. The molecule has 0 spiro atoms. The number of hydrogen-bond acceptors (Lipinski definition) is 6. The summed E-state index contributed by atoms with van der Waals surface area (Å²) >= 11 is 0. The molecule has 3 aromatic rings. The number of carbonyl (C=O) groups is 2. The van der Waals surface area contributed by atoms with Crippen molar-refractivity contribution in [3.63, 3.8) is 0 Å². The van der Waals surface area contributed by atoms with Crippen LogP contribution in [0.1, 0.15) is 29.8 Å². The topological polar surface area (TPSA) is 90.2 Å². The first-order valence-corrected chi connectivity index (χ1v) is 8.89. The number of ether oxygens (including phenoxy) is 1. The molecular formula is C20H21N5O3. The van der Waals surface area contributed by atoms with Crippen LogP contribution in [0.5, 0.6) is 0 Å². The molecule has 0 unspecified atom stereocenters. The first kappa shape index (κ1) is 19.2. The van der Waals surface area contributed by atoms with Crippen molar-refractivity contribution in [3.05, 3.63) is 72.1 Å². The van der Waals surface area contributed by atoms with Gasteiger partial charge < -0.3 is 9.64 Å². The van der Waals surface area contributed by atoms with Crippen molar-refractivity contribution in [2.24, 2.45) is 0 Å². The molecule has 1 amide bonds. The van der Waals surface area contributed by atoms with Crippen molar-refractivity contribution >= 4 is 11.9 Å². The highest BCUT2D eigenvalue weighted by Gasteiger charge is 2.21. The Kier molecular flexibility index (Phi) is 6.11. The Morgan fingerprint density at radius 1 is 1.07 bits per heavy atom. The van der Waals surface area contributed by atoms with Gasteiger partial charge in [-0.2, -0.15) is 4.68 Å². The fourth-order valence-corrected chi connectivity index (χ4v) is 2.74. The maximum Gasteiger partial charge on any atom is 0.340 e. The zero-order valence-corrected chi connectivity index (χ0v) is 15.7. The van der Waals surface area contributed by atoms with Gasteiger partial charge in [0, 0.05) is 12.6 Å². The average molecular weight is 379 g/mol. The molecule has 0 aliphatic rings. The Morgan fingerprint density at radius 2 is 1.79 bits per heavy atom. The van der Waals surface area contributed by atoms with Crippen molar-refractivity contribution in [3.8, 4) is 5.69 Å². The number of nitrogens with zero attached hydrogens (tertiary/aromatic N) is 5. The van der Waals surface area contributed by atoms with Crippen molar-refractivity contribution in [2.75, 3.05) is 6.61 Å². The van der Waals surface area contributed by atoms with E-state index in [1.54, 1.807) is 29.2 Å². The molecule has 0 atom stereocenters. The number of aromatic nitrogens is 4. The molecule has 1 heterocycles. The van der Waals surface area contributed by atoms with Crippen LogP contribution < -0.4 is 0 Å². The number of rotatable bonds is 7. The summed E-state index contributed by atoms with van der Waals surface area (Å²) in [6.07, 6.45) is 1.39. The van der Waals surface area contributed by atoms with Crippen molar-refractivity contribution in [2.45, 2.75) is 26.4 Å². The van der Waals surface area contributed by atoms with Crippen LogP contribution in [-0.4, -0.2) is 49.6 Å². The molecule has 28 heavy (non-hydrogen) atoms. The van der Waals surface area contributed by atoms with Crippen LogP contribution in [0.25, 0.3) is 5.69 Å². The van der Waals surface area contributed by atoms with Gasteiger partial charge in [-0.25, -0.2) is 4.79 Å². The van der Waals surface area contributed by atoms with Crippen LogP contribution in [0, 0.1) is 0 Å². The third kappa shape index (κ3) is 4.59. The molecule has 8 heteroatoms. The van der Waals surface area contributed by atoms with E-state index < -0.39 is 5.97 Å². The highest BCUT2D eigenvalue weighted by molar-refractivity contribution is 5.94. The SMILES string of the molecule is CC(C)N(Cc1ccccc1)C(=O)COC(=O)c1ccccc1-n1cnnn1. The van der Waals surface area contributed by atoms with E-state index in [1.165, 1.54) is 11.0 Å². The number of tetrazole rings is 1. The van der Waals surface area contributed by atoms with E-state index in [0.717, 1.165) is 5.56 Å². The Balaban J connectivity index is 1.67. The molecule has 0 saturated carbocycles. The maximum absolute atomic E-state index is 12.6. The molecule has 0 aliphatic carbocycles. The summed E-state index contributed by atoms with van der Waals surface area (Å²) in [5.41, 5.74) is 1.77. The van der Waals surface area contributed by atoms with Crippen molar-refractivity contribution in [1.29, 1.82) is 0 Å². The fraction of sp³-hybridized carbons (Fsp3) is 0.250. The summed E-state index contributed by atoms with van der Waals surface area (Å²) in [4.78, 5) is 26.9. The molecule has 8 nitrogen and oxygen atoms in total. The smallest absolute Gasteiger partial charge is 0.340 e. The first-order valence-electron chi connectivity index (χ1n) is 8.89. The molecule has 0 aliphatic heterocycles. The molecule has 144 valence electrons. The number of carbonyl (C=O) groups excluding carboxylic acids is 2. The largest absolute Gasteiger partial charge is 0.452 e. The van der Waals surface area contributed by atoms with Crippen LogP contribution in [0.4, 0.5) is 0 Å². The second-order valence-corrected chi connectivity index (χ2v) is 6.45. The molecule has 0 radical (unpaired) electrons. The quantitative estimate of drug-likeness (QED) is 0.585. The summed E-state index contributed by atoms with van der Waals surface area (Å²) < 4.78 is 6.65. The molecule has 3 rings (SSSR count). The number of esters is 1. The van der Waals surface area contributed by atoms with Gasteiger partial charge in [0.15, 0.2) is 6.61 Å². The minimum absolute atomic E-state index is 0.0279. The molecule has 0 bridgehead atoms. The predicted octanol–water partition coefficient (Wildman–Crippen LogP) is 2.26. The minimum Gasteiger partial charge on any atom is -0.452 e. The molecule has 2 aromatic carbocycles. The number of benzene rings is 2. The van der Waals surface area contributed by atoms with Gasteiger partial charge in [0.1, 0.15) is 6.33 Å². The van der Waals surface area contributed by atoms with Gasteiger partial charge >= 0.3 is 5.97 Å². The number of hydrogen-bond donors (Lipinski definition) is 0. The predicted molar refractivity (Wildman–Crippen MR) is 102 cm³/mol. The van der Waals surface area contributed by atoms with Gasteiger partial charge in [0.2, 0.25) is 0 Å². The molecule has 0 saturated heterocycles. The monoisotopic (exact) mass is 379 g/mol. The number of para-hydroxylation sites is 1. The first-order chi connectivity index (χ1) is 13.6. The Bertz CT molecular complexity index is 926. The van der Waals surface area contributed by atoms with Gasteiger partial charge in [-0.15, -0.1) is 5.10 Å². The van der Waals surface area contributed by atoms with E-state index >= 15 is 0 Å². The molecular weight excluding hydrogens is 358 g/mol. The normalized spacial score (nSPS) is 10.7. The van der Waals surface area contributed by atoms with Crippen LogP contribution in [0.2, 0.25) is 0 Å². The fourth-order valence-electron chi connectivity index (χ4n) is 2.74. The third-order valence-corrected chi connectivity index (χ3v) is 4.19. The van der Waals surface area contributed by atoms with Crippen molar-refractivity contribution < 1.29 is 14.3 Å². The van der Waals surface area contributed by atoms with E-state index in [2.05, 4.69) is 15.5 Å². The molecule has 0 fully saturated rings. The van der Waals surface area contributed by atoms with Gasteiger partial charge in [-0.1, -0.05) is 42.5 Å². The Labute approximate surface area is 162 Å². The second-order valence-electron chi connectivity index (χ2n) is 6.45. The van der Waals surface area contributed by atoms with Gasteiger partial charge in [0.25, 0.3) is 5.91 Å². The van der Waals surface area contributed by atoms with E-state index in [4.69, 9.17) is 4.74 Å². The lowest BCUT2D eigenvalue weighted by molar-refractivity contribution is -0.136. The van der Waals surface area contributed by atoms with Gasteiger partial charge in [0.05, 0.1) is 11.3 Å². The zero-order valence-electron chi connectivity index (χ0n) is 15.7. The zero-order chi connectivity index (χ0) is 19.9. The lowest BCUT2D eigenvalue weighted by atomic mass is 10.2. The standard InChI is InChI=1S/C20H21N5O3/c1-15(2)24(12-16-8-4-3-5-9-16)19(26)13-28-20(27)17-10-6-7-11-18(17)25-14-21-22-23-25/h3-11,14-15H,12-13H2,1-2H3. The molecule has 1 aromatic heterocycles. The second kappa shape index (κ2) is 8.90. The van der Waals surface area contributed by atoms with Crippen LogP contribution >= 0.6 is 0 Å². The Hall–Kier alpha value is -3.55. The van der Waals surface area contributed by atoms with E-state index in [-0.39, 0.29) is 24.1 Å². The summed E-state index contributed by atoms with van der Waals surface area (Å²) in [5.74, 6) is -0.866. The highest BCUT2D eigenvalue weighted by Crippen LogP contribution is 2.14. The molecule has 0 N–H and O–H groups in total. The Morgan fingerprint density at radius 3 is 2.46 bits per heavy atom. The number of amides is 1. The summed E-state index contributed by atoms with van der Waals surface area (Å²) in [6.45, 7) is 3.97. The summed E-state index contributed by atoms with van der Waals surface area (Å²) in [7, 11) is 0. The van der Waals surface area contributed by atoms with E-state index in [1.807, 2.05) is 44.2 Å². The lowest BCUT2D eigenvalue weighted by Gasteiger charge is -2.26. The van der Waals surface area contributed by atoms with Crippen molar-refractivity contribution in [1.82, 2.24) is 25.1 Å². The van der Waals surface area contributed by atoms with Crippen LogP contribution in [-0.2, 0) is 16.1 Å². The maximum atomic E-state index is 12.6. The lowest BCUT2D eigenvalue weighted by Crippen LogP contribution is -2.39. The summed E-state index contributed by atoms with van der Waals surface area (Å²) in [6, 6.07) is 16.4.